The molecule has 6 aromatic rings. The van der Waals surface area contributed by atoms with Gasteiger partial charge >= 0.3 is 0 Å². The number of nitrogens with one attached hydrogen (secondary N) is 2. The second-order valence-corrected chi connectivity index (χ2v) is 14.2. The van der Waals surface area contributed by atoms with Crippen molar-refractivity contribution in [2.45, 2.75) is 36.6 Å². The molecule has 4 aromatic carbocycles. The fraction of sp³-hybridized carbons (Fsp3) is 0.205. The molecular formula is C39H35FN7O4PS. The molecule has 1 aliphatic heterocycles. The minimum Gasteiger partial charge on any atom is -0.347 e. The number of ether oxygens (including phenoxy) is 1. The summed E-state index contributed by atoms with van der Waals surface area (Å²) in [7, 11) is -2.41. The normalized spacial score (nSPS) is 19.1. The SMILES string of the molecule is N#CCCO[PH](=S)O[C@H]1[C@@H](F)[C@@H](n2cnc3c(NC(=O)c4ccccc4)ncnc32)O[C@@H]1CNC(c1ccccc1)(c1ccccc1)c1ccccc1. The summed E-state index contributed by atoms with van der Waals surface area (Å²) in [6, 6.07) is 40.8. The van der Waals surface area contributed by atoms with Gasteiger partial charge in [-0.15, -0.1) is 0 Å². The van der Waals surface area contributed by atoms with Crippen molar-refractivity contribution in [2.75, 3.05) is 18.5 Å². The summed E-state index contributed by atoms with van der Waals surface area (Å²) in [4.78, 5) is 26.1. The second kappa shape index (κ2) is 16.7. The molecule has 1 unspecified atom stereocenters. The first-order chi connectivity index (χ1) is 26.0. The summed E-state index contributed by atoms with van der Waals surface area (Å²) in [6.45, 7) is 0.202. The molecule has 1 fully saturated rings. The smallest absolute Gasteiger partial charge is 0.256 e. The van der Waals surface area contributed by atoms with Gasteiger partial charge in [0.05, 0.1) is 31.0 Å². The van der Waals surface area contributed by atoms with Gasteiger partial charge in [0.25, 0.3) is 5.91 Å². The first-order valence-electron chi connectivity index (χ1n) is 16.9. The van der Waals surface area contributed by atoms with E-state index in [0.717, 1.165) is 16.7 Å². The highest BCUT2D eigenvalue weighted by Gasteiger charge is 2.49. The second-order valence-electron chi connectivity index (χ2n) is 12.2. The molecule has 2 aromatic heterocycles. The predicted molar refractivity (Wildman–Crippen MR) is 202 cm³/mol. The molecule has 268 valence electrons. The largest absolute Gasteiger partial charge is 0.347 e. The lowest BCUT2D eigenvalue weighted by Crippen LogP contribution is -2.49. The number of amides is 1. The zero-order chi connectivity index (χ0) is 36.6. The van der Waals surface area contributed by atoms with Crippen molar-refractivity contribution >= 4 is 41.8 Å². The molecule has 1 amide bonds. The zero-order valence-electron chi connectivity index (χ0n) is 28.3. The van der Waals surface area contributed by atoms with Crippen LogP contribution in [-0.2, 0) is 31.1 Å². The van der Waals surface area contributed by atoms with Crippen LogP contribution in [0.15, 0.2) is 134 Å². The van der Waals surface area contributed by atoms with Crippen LogP contribution < -0.4 is 10.6 Å². The highest BCUT2D eigenvalue weighted by molar-refractivity contribution is 8.00. The van der Waals surface area contributed by atoms with Crippen LogP contribution in [0.4, 0.5) is 10.2 Å². The molecule has 11 nitrogen and oxygen atoms in total. The van der Waals surface area contributed by atoms with Gasteiger partial charge in [-0.05, 0) is 40.6 Å². The van der Waals surface area contributed by atoms with E-state index in [1.165, 1.54) is 17.2 Å². The summed E-state index contributed by atoms with van der Waals surface area (Å²) in [6.07, 6.45) is -2.18. The molecule has 3 heterocycles. The van der Waals surface area contributed by atoms with Crippen LogP contribution in [0.2, 0.25) is 0 Å². The third-order valence-corrected chi connectivity index (χ3v) is 10.6. The number of hydrogen-bond donors (Lipinski definition) is 2. The number of nitriles is 1. The Kier molecular flexibility index (Phi) is 11.4. The summed E-state index contributed by atoms with van der Waals surface area (Å²) in [5.74, 6) is -0.210. The Labute approximate surface area is 311 Å². The molecule has 0 spiro atoms. The minimum absolute atomic E-state index is 0.0743. The van der Waals surface area contributed by atoms with E-state index in [4.69, 9.17) is 30.9 Å². The van der Waals surface area contributed by atoms with Gasteiger partial charge < -0.3 is 19.1 Å². The number of nitrogens with zero attached hydrogens (tertiary/aromatic N) is 5. The van der Waals surface area contributed by atoms with Gasteiger partial charge in [-0.1, -0.05) is 109 Å². The Hall–Kier alpha value is -5.19. The van der Waals surface area contributed by atoms with Gasteiger partial charge in [-0.25, -0.2) is 19.3 Å². The third kappa shape index (κ3) is 7.65. The number of alkyl halides is 1. The number of halogens is 1. The van der Waals surface area contributed by atoms with Gasteiger partial charge in [-0.3, -0.25) is 14.7 Å². The lowest BCUT2D eigenvalue weighted by Gasteiger charge is -2.38. The van der Waals surface area contributed by atoms with Crippen LogP contribution in [0.1, 0.15) is 39.7 Å². The highest BCUT2D eigenvalue weighted by Crippen LogP contribution is 2.42. The molecule has 1 aliphatic rings. The molecule has 7 rings (SSSR count). The fourth-order valence-corrected chi connectivity index (χ4v) is 8.00. The van der Waals surface area contributed by atoms with Crippen LogP contribution >= 0.6 is 7.15 Å². The lowest BCUT2D eigenvalue weighted by atomic mass is 9.77. The maximum Gasteiger partial charge on any atom is 0.256 e. The quantitative estimate of drug-likeness (QED) is 0.0703. The number of anilines is 1. The van der Waals surface area contributed by atoms with Crippen molar-refractivity contribution < 1.29 is 23.0 Å². The van der Waals surface area contributed by atoms with Gasteiger partial charge in [0, 0.05) is 12.1 Å². The van der Waals surface area contributed by atoms with E-state index >= 15 is 4.39 Å². The first-order valence-corrected chi connectivity index (χ1v) is 19.4. The summed E-state index contributed by atoms with van der Waals surface area (Å²) < 4.78 is 36.7. The Morgan fingerprint density at radius 1 is 0.906 bits per heavy atom. The van der Waals surface area contributed by atoms with Crippen LogP contribution in [0.3, 0.4) is 0 Å². The summed E-state index contributed by atoms with van der Waals surface area (Å²) in [5.41, 5.74) is 2.99. The molecule has 0 bridgehead atoms. The molecule has 2 N–H and O–H groups in total. The van der Waals surface area contributed by atoms with E-state index in [1.54, 1.807) is 24.3 Å². The molecule has 0 saturated carbocycles. The van der Waals surface area contributed by atoms with Gasteiger partial charge in [-0.2, -0.15) is 5.26 Å². The first kappa shape index (κ1) is 36.2. The highest BCUT2D eigenvalue weighted by atomic mass is 32.4. The average molecular weight is 748 g/mol. The monoisotopic (exact) mass is 747 g/mol. The molecule has 53 heavy (non-hydrogen) atoms. The maximum atomic E-state index is 16.9. The van der Waals surface area contributed by atoms with Crippen LogP contribution in [0.25, 0.3) is 11.2 Å². The van der Waals surface area contributed by atoms with Crippen molar-refractivity contribution in [1.29, 1.82) is 5.26 Å². The molecule has 0 radical (unpaired) electrons. The standard InChI is InChI=1S/C39H35FN7O4PS/c40-32-34(51-52(53)49-23-13-22-41)31(24-45-39(28-16-7-2-8-17-28,29-18-9-3-10-19-29)30-20-11-4-12-21-30)50-38(32)47-26-44-33-35(42-25-43-36(33)47)46-37(48)27-14-5-1-6-15-27/h1-12,14-21,25-26,31-32,34,38,45,52H,13,23-24H2,(H,42,43,46,48)/t31-,32-,34-,38+/m1/s1. The number of imidazole rings is 1. The number of rotatable bonds is 14. The molecule has 1 saturated heterocycles. The van der Waals surface area contributed by atoms with E-state index < -0.39 is 37.3 Å². The van der Waals surface area contributed by atoms with Gasteiger partial charge in [0.15, 0.2) is 36.5 Å². The molecule has 14 heteroatoms. The van der Waals surface area contributed by atoms with Gasteiger partial charge in [0.1, 0.15) is 18.5 Å². The number of carbonyl (C=O) groups is 1. The Morgan fingerprint density at radius 2 is 1.49 bits per heavy atom. The van der Waals surface area contributed by atoms with Crippen molar-refractivity contribution in [3.8, 4) is 6.07 Å². The summed E-state index contributed by atoms with van der Waals surface area (Å²) in [5, 5.41) is 15.6. The third-order valence-electron chi connectivity index (χ3n) is 9.02. The van der Waals surface area contributed by atoms with E-state index in [1.807, 2.05) is 66.7 Å². The Morgan fingerprint density at radius 3 is 2.08 bits per heavy atom. The number of benzene rings is 4. The predicted octanol–water partition coefficient (Wildman–Crippen LogP) is 6.72. The van der Waals surface area contributed by atoms with Crippen molar-refractivity contribution in [3.05, 3.63) is 156 Å². The van der Waals surface area contributed by atoms with E-state index in [2.05, 4.69) is 62.0 Å². The van der Waals surface area contributed by atoms with Crippen molar-refractivity contribution in [1.82, 2.24) is 24.8 Å². The zero-order valence-corrected chi connectivity index (χ0v) is 30.1. The summed E-state index contributed by atoms with van der Waals surface area (Å²) >= 11 is 5.52. The lowest BCUT2D eigenvalue weighted by molar-refractivity contribution is -0.0215. The van der Waals surface area contributed by atoms with Crippen LogP contribution in [-0.4, -0.2) is 57.0 Å². The maximum absolute atomic E-state index is 16.9. The Bertz CT molecular complexity index is 2110. The van der Waals surface area contributed by atoms with E-state index in [9.17, 15) is 4.79 Å². The number of hydrogen-bond acceptors (Lipinski definition) is 10. The minimum atomic E-state index is -2.41. The molecule has 0 aliphatic carbocycles. The molecule has 5 atom stereocenters. The van der Waals surface area contributed by atoms with E-state index in [0.29, 0.717) is 5.56 Å². The Balaban J connectivity index is 1.23. The van der Waals surface area contributed by atoms with Gasteiger partial charge in [0.2, 0.25) is 0 Å². The van der Waals surface area contributed by atoms with Crippen LogP contribution in [0.5, 0.6) is 0 Å². The average Bonchev–Trinajstić information content (AvgIpc) is 3.77. The number of aromatic nitrogens is 4. The van der Waals surface area contributed by atoms with Crippen molar-refractivity contribution in [3.63, 3.8) is 0 Å². The van der Waals surface area contributed by atoms with E-state index in [-0.39, 0.29) is 42.5 Å². The van der Waals surface area contributed by atoms with Crippen LogP contribution in [0, 0.1) is 11.3 Å². The number of carbonyl (C=O) groups excluding carboxylic acids is 1. The topological polar surface area (TPSA) is 136 Å². The number of fused-ring (bicyclic) bond motifs is 1. The fourth-order valence-electron chi connectivity index (χ4n) is 6.57. The molecular weight excluding hydrogens is 713 g/mol. The van der Waals surface area contributed by atoms with Crippen molar-refractivity contribution in [2.24, 2.45) is 0 Å².